The molecule has 0 rings (SSSR count). The van der Waals surface area contributed by atoms with E-state index in [1.54, 1.807) is 0 Å². The van der Waals surface area contributed by atoms with E-state index in [9.17, 15) is 0 Å². The maximum Gasteiger partial charge on any atom is 0.492 e. The van der Waals surface area contributed by atoms with Crippen LogP contribution in [0.2, 0.25) is 6.04 Å². The zero-order chi connectivity index (χ0) is 25.1. The molecule has 35 heavy (non-hydrogen) atoms. The van der Waals surface area contributed by atoms with Gasteiger partial charge in [0.2, 0.25) is 0 Å². The largest absolute Gasteiger partial charge is 1.00 e. The van der Waals surface area contributed by atoms with Gasteiger partial charge in [-0.05, 0) is 12.8 Å². The Bertz CT molecular complexity index is 451. The second kappa shape index (κ2) is 23.7. The van der Waals surface area contributed by atoms with Crippen LogP contribution in [-0.4, -0.2) is 86.5 Å². The average Bonchev–Trinajstić information content (AvgIpc) is 2.70. The predicted molar refractivity (Wildman–Crippen MR) is 145 cm³/mol. The van der Waals surface area contributed by atoms with Crippen molar-refractivity contribution in [3.63, 3.8) is 0 Å². The molecule has 0 saturated carbocycles. The van der Waals surface area contributed by atoms with E-state index in [1.165, 1.54) is 116 Å². The van der Waals surface area contributed by atoms with Crippen LogP contribution in [0.5, 0.6) is 0 Å². The third-order valence-electron chi connectivity index (χ3n) is 7.17. The molecule has 0 saturated heterocycles. The fourth-order valence-electron chi connectivity index (χ4n) is 4.78. The maximum absolute atomic E-state index is 9.16. The molecule has 0 aliphatic heterocycles. The summed E-state index contributed by atoms with van der Waals surface area (Å²) < 4.78 is 2.01. The van der Waals surface area contributed by atoms with Crippen LogP contribution in [0, 0.1) is 0 Å². The summed E-state index contributed by atoms with van der Waals surface area (Å²) in [6.07, 6.45) is 23.0. The molecule has 8 heteroatoms. The molecule has 5 nitrogen and oxygen atoms in total. The zero-order valence-electron chi connectivity index (χ0n) is 24.0. The summed E-state index contributed by atoms with van der Waals surface area (Å²) in [5.41, 5.74) is 0. The maximum atomic E-state index is 9.16. The van der Waals surface area contributed by atoms with Gasteiger partial charge in [-0.1, -0.05) is 84.0 Å². The summed E-state index contributed by atoms with van der Waals surface area (Å²) in [5, 5.41) is 0. The van der Waals surface area contributed by atoms with E-state index in [1.807, 2.05) is 0 Å². The summed E-state index contributed by atoms with van der Waals surface area (Å²) in [4.78, 5) is 27.5. The van der Waals surface area contributed by atoms with Crippen LogP contribution < -0.4 is 24.8 Å². The fraction of sp³-hybridized carbons (Fsp3) is 1.00. The summed E-state index contributed by atoms with van der Waals surface area (Å²) >= 11 is 0. The minimum atomic E-state index is -3.87. The predicted octanol–water partition coefficient (Wildman–Crippen LogP) is -0.285. The van der Waals surface area contributed by atoms with Gasteiger partial charge in [-0.2, -0.15) is 0 Å². The van der Waals surface area contributed by atoms with Gasteiger partial charge in [-0.15, -0.1) is 0 Å². The van der Waals surface area contributed by atoms with E-state index >= 15 is 0 Å². The van der Waals surface area contributed by atoms with Gasteiger partial charge in [-0.25, -0.2) is 0 Å². The molecule has 0 aromatic rings. The molecular formula is C27H62Cl2N2O3Si. The lowest BCUT2D eigenvalue weighted by Gasteiger charge is -2.32. The number of rotatable bonds is 24. The normalized spacial score (nSPS) is 12.3. The first-order valence-electron chi connectivity index (χ1n) is 14.3. The molecule has 3 N–H and O–H groups in total. The minimum absolute atomic E-state index is 0. The molecule has 0 aliphatic rings. The quantitative estimate of drug-likeness (QED) is 0.0863. The molecule has 0 bridgehead atoms. The molecule has 216 valence electrons. The van der Waals surface area contributed by atoms with Crippen molar-refractivity contribution in [2.24, 2.45) is 0 Å². The van der Waals surface area contributed by atoms with Gasteiger partial charge in [0.1, 0.15) is 0 Å². The standard InChI is InChI=1S/C27H62N2O3Si.2ClH/c1-6-7-8-9-10-11-12-13-14-15-16-17-18-19-23-28(2,3)24-20-21-25-29(4,5)26-22-27-33(30,31)32;;/h30-32H,6-27H2,1-5H3;2*1H/q+2;;/p-2. The first kappa shape index (κ1) is 40.1. The van der Waals surface area contributed by atoms with Crippen LogP contribution in [0.4, 0.5) is 0 Å². The van der Waals surface area contributed by atoms with Crippen LogP contribution in [0.3, 0.4) is 0 Å². The molecule has 0 aromatic heterocycles. The second-order valence-electron chi connectivity index (χ2n) is 11.9. The van der Waals surface area contributed by atoms with Crippen LogP contribution in [0.15, 0.2) is 0 Å². The molecule has 0 aromatic carbocycles. The first-order valence-corrected chi connectivity index (χ1v) is 16.3. The summed E-state index contributed by atoms with van der Waals surface area (Å²) in [5.74, 6) is 0. The second-order valence-corrected chi connectivity index (χ2v) is 14.0. The first-order chi connectivity index (χ1) is 15.5. The number of hydrogen-bond acceptors (Lipinski definition) is 3. The number of nitrogens with zero attached hydrogens (tertiary/aromatic N) is 2. The summed E-state index contributed by atoms with van der Waals surface area (Å²) in [7, 11) is 5.27. The Kier molecular flexibility index (Phi) is 27.1. The van der Waals surface area contributed by atoms with Gasteiger partial charge in [0, 0.05) is 25.3 Å². The Morgan fingerprint density at radius 2 is 0.686 bits per heavy atom. The molecule has 0 spiro atoms. The van der Waals surface area contributed by atoms with Crippen molar-refractivity contribution in [1.29, 1.82) is 0 Å². The number of unbranched alkanes of at least 4 members (excludes halogenated alkanes) is 14. The smallest absolute Gasteiger partial charge is 0.492 e. The average molecular weight is 562 g/mol. The Morgan fingerprint density at radius 3 is 1.00 bits per heavy atom. The van der Waals surface area contributed by atoms with E-state index in [4.69, 9.17) is 14.4 Å². The van der Waals surface area contributed by atoms with Gasteiger partial charge >= 0.3 is 8.80 Å². The van der Waals surface area contributed by atoms with Gasteiger partial charge in [0.25, 0.3) is 0 Å². The van der Waals surface area contributed by atoms with E-state index in [0.29, 0.717) is 6.42 Å². The van der Waals surface area contributed by atoms with Crippen molar-refractivity contribution in [2.75, 3.05) is 54.4 Å². The highest BCUT2D eigenvalue weighted by Crippen LogP contribution is 2.14. The van der Waals surface area contributed by atoms with Crippen LogP contribution in [0.25, 0.3) is 0 Å². The van der Waals surface area contributed by atoms with Gasteiger partial charge in [-0.3, -0.25) is 0 Å². The van der Waals surface area contributed by atoms with E-state index in [2.05, 4.69) is 35.1 Å². The lowest BCUT2D eigenvalue weighted by molar-refractivity contribution is -0.897. The highest BCUT2D eigenvalue weighted by Gasteiger charge is 2.27. The van der Waals surface area contributed by atoms with Crippen molar-refractivity contribution in [2.45, 2.75) is 122 Å². The van der Waals surface area contributed by atoms with Crippen molar-refractivity contribution in [1.82, 2.24) is 0 Å². The zero-order valence-corrected chi connectivity index (χ0v) is 26.6. The Balaban J connectivity index is -0.00000512. The molecule has 0 fully saturated rings. The highest BCUT2D eigenvalue weighted by molar-refractivity contribution is 6.56. The van der Waals surface area contributed by atoms with E-state index in [0.717, 1.165) is 22.1 Å². The Hall–Kier alpha value is 0.597. The van der Waals surface area contributed by atoms with Crippen molar-refractivity contribution in [3.8, 4) is 0 Å². The van der Waals surface area contributed by atoms with Gasteiger partial charge < -0.3 is 48.2 Å². The van der Waals surface area contributed by atoms with Gasteiger partial charge in [0.05, 0.1) is 54.4 Å². The van der Waals surface area contributed by atoms with Crippen LogP contribution in [0.1, 0.15) is 116 Å². The molecule has 0 amide bonds. The minimum Gasteiger partial charge on any atom is -1.00 e. The highest BCUT2D eigenvalue weighted by atomic mass is 35.5. The lowest BCUT2D eigenvalue weighted by Crippen LogP contribution is -3.00. The third kappa shape index (κ3) is 30.7. The Morgan fingerprint density at radius 1 is 0.429 bits per heavy atom. The number of quaternary nitrogens is 2. The summed E-state index contributed by atoms with van der Waals surface area (Å²) in [6, 6.07) is 0.151. The summed E-state index contributed by atoms with van der Waals surface area (Å²) in [6.45, 7) is 6.80. The molecule has 0 radical (unpaired) electrons. The monoisotopic (exact) mass is 560 g/mol. The SMILES string of the molecule is CCCCCCCCCCCCCCCC[N+](C)(C)CCCC[N+](C)(C)CCC[Si](O)(O)O.[Cl-].[Cl-]. The van der Waals surface area contributed by atoms with Crippen LogP contribution in [-0.2, 0) is 0 Å². The third-order valence-corrected chi connectivity index (χ3v) is 8.19. The van der Waals surface area contributed by atoms with Crippen LogP contribution >= 0.6 is 0 Å². The van der Waals surface area contributed by atoms with Gasteiger partial charge in [0.15, 0.2) is 0 Å². The fourth-order valence-corrected chi connectivity index (χ4v) is 5.41. The Labute approximate surface area is 233 Å². The van der Waals surface area contributed by atoms with Crippen molar-refractivity contribution >= 4 is 8.80 Å². The molecule has 0 atom stereocenters. The van der Waals surface area contributed by atoms with E-state index in [-0.39, 0.29) is 30.9 Å². The van der Waals surface area contributed by atoms with E-state index < -0.39 is 8.80 Å². The lowest BCUT2D eigenvalue weighted by atomic mass is 10.0. The number of halogens is 2. The molecule has 0 unspecified atom stereocenters. The molecular weight excluding hydrogens is 499 g/mol. The molecule has 0 aliphatic carbocycles. The topological polar surface area (TPSA) is 60.7 Å². The van der Waals surface area contributed by atoms with Crippen molar-refractivity contribution < 1.29 is 48.2 Å². The number of hydrogen-bond donors (Lipinski definition) is 3. The van der Waals surface area contributed by atoms with Crippen molar-refractivity contribution in [3.05, 3.63) is 0 Å². The molecule has 0 heterocycles.